The number of hydrogen-bond donors (Lipinski definition) is 2. The van der Waals surface area contributed by atoms with Gasteiger partial charge in [0.2, 0.25) is 0 Å². The highest BCUT2D eigenvalue weighted by Crippen LogP contribution is 2.24. The third kappa shape index (κ3) is 2.88. The molecule has 0 unspecified atom stereocenters. The SMILES string of the molecule is Cc1cc(C(=O)Nc2ccc(Cl)cc2N)c(F)cc1F. The maximum Gasteiger partial charge on any atom is 0.258 e. The summed E-state index contributed by atoms with van der Waals surface area (Å²) < 4.78 is 26.7. The van der Waals surface area contributed by atoms with Crippen LogP contribution >= 0.6 is 11.6 Å². The summed E-state index contributed by atoms with van der Waals surface area (Å²) in [6, 6.07) is 6.33. The monoisotopic (exact) mass is 296 g/mol. The number of hydrogen-bond acceptors (Lipinski definition) is 2. The number of amides is 1. The van der Waals surface area contributed by atoms with Gasteiger partial charge in [-0.1, -0.05) is 11.6 Å². The van der Waals surface area contributed by atoms with Crippen LogP contribution in [0.4, 0.5) is 20.2 Å². The smallest absolute Gasteiger partial charge is 0.258 e. The van der Waals surface area contributed by atoms with Crippen LogP contribution in [0.25, 0.3) is 0 Å². The molecular weight excluding hydrogens is 286 g/mol. The molecular formula is C14H11ClF2N2O. The number of aryl methyl sites for hydroxylation is 1. The molecule has 3 nitrogen and oxygen atoms in total. The van der Waals surface area contributed by atoms with Crippen LogP contribution in [-0.4, -0.2) is 5.91 Å². The normalized spacial score (nSPS) is 10.4. The van der Waals surface area contributed by atoms with Crippen LogP contribution < -0.4 is 11.1 Å². The van der Waals surface area contributed by atoms with Gasteiger partial charge >= 0.3 is 0 Å². The van der Waals surface area contributed by atoms with E-state index in [1.807, 2.05) is 0 Å². The van der Waals surface area contributed by atoms with E-state index in [0.29, 0.717) is 16.8 Å². The van der Waals surface area contributed by atoms with Gasteiger partial charge < -0.3 is 11.1 Å². The van der Waals surface area contributed by atoms with Gasteiger partial charge in [-0.15, -0.1) is 0 Å². The first-order valence-corrected chi connectivity index (χ1v) is 6.08. The van der Waals surface area contributed by atoms with E-state index in [-0.39, 0.29) is 16.8 Å². The Morgan fingerprint density at radius 3 is 2.55 bits per heavy atom. The molecule has 6 heteroatoms. The fourth-order valence-electron chi connectivity index (χ4n) is 1.67. The lowest BCUT2D eigenvalue weighted by Crippen LogP contribution is -2.15. The summed E-state index contributed by atoms with van der Waals surface area (Å²) in [4.78, 5) is 12.0. The van der Waals surface area contributed by atoms with Crippen molar-refractivity contribution < 1.29 is 13.6 Å². The van der Waals surface area contributed by atoms with Crippen molar-refractivity contribution in [3.05, 3.63) is 58.1 Å². The van der Waals surface area contributed by atoms with Crippen molar-refractivity contribution in [3.63, 3.8) is 0 Å². The first kappa shape index (κ1) is 14.3. The summed E-state index contributed by atoms with van der Waals surface area (Å²) in [6.45, 7) is 1.45. The number of rotatable bonds is 2. The van der Waals surface area contributed by atoms with Crippen LogP contribution in [0.1, 0.15) is 15.9 Å². The minimum atomic E-state index is -0.932. The number of nitrogens with one attached hydrogen (secondary N) is 1. The van der Waals surface area contributed by atoms with Gasteiger partial charge in [-0.25, -0.2) is 8.78 Å². The van der Waals surface area contributed by atoms with E-state index in [2.05, 4.69) is 5.32 Å². The van der Waals surface area contributed by atoms with Gasteiger partial charge in [0, 0.05) is 11.1 Å². The molecule has 20 heavy (non-hydrogen) atoms. The van der Waals surface area contributed by atoms with Crippen LogP contribution in [-0.2, 0) is 0 Å². The zero-order chi connectivity index (χ0) is 14.9. The molecule has 0 aliphatic heterocycles. The lowest BCUT2D eigenvalue weighted by Gasteiger charge is -2.10. The summed E-state index contributed by atoms with van der Waals surface area (Å²) in [6.07, 6.45) is 0. The summed E-state index contributed by atoms with van der Waals surface area (Å²) >= 11 is 5.74. The topological polar surface area (TPSA) is 55.1 Å². The maximum atomic E-state index is 13.6. The largest absolute Gasteiger partial charge is 0.397 e. The standard InChI is InChI=1S/C14H11ClF2N2O/c1-7-4-9(11(17)6-10(7)16)14(20)19-13-3-2-8(15)5-12(13)18/h2-6H,18H2,1H3,(H,19,20). The average molecular weight is 297 g/mol. The molecule has 3 N–H and O–H groups in total. The van der Waals surface area contributed by atoms with Crippen LogP contribution in [0.5, 0.6) is 0 Å². The second-order valence-corrected chi connectivity index (χ2v) is 4.70. The molecule has 0 saturated heterocycles. The number of carbonyl (C=O) groups excluding carboxylic acids is 1. The van der Waals surface area contributed by atoms with E-state index in [1.165, 1.54) is 19.1 Å². The van der Waals surface area contributed by atoms with Gasteiger partial charge in [0.25, 0.3) is 5.91 Å². The third-order valence-electron chi connectivity index (χ3n) is 2.75. The highest BCUT2D eigenvalue weighted by Gasteiger charge is 2.15. The van der Waals surface area contributed by atoms with E-state index in [9.17, 15) is 13.6 Å². The van der Waals surface area contributed by atoms with Crippen LogP contribution in [0.15, 0.2) is 30.3 Å². The fourth-order valence-corrected chi connectivity index (χ4v) is 1.85. The molecule has 0 radical (unpaired) electrons. The summed E-state index contributed by atoms with van der Waals surface area (Å²) in [5.41, 5.74) is 6.18. The van der Waals surface area contributed by atoms with Gasteiger partial charge in [0.05, 0.1) is 16.9 Å². The minimum Gasteiger partial charge on any atom is -0.397 e. The molecule has 2 aromatic rings. The predicted molar refractivity (Wildman–Crippen MR) is 74.9 cm³/mol. The number of carbonyl (C=O) groups is 1. The van der Waals surface area contributed by atoms with Gasteiger partial charge in [-0.3, -0.25) is 4.79 Å². The average Bonchev–Trinajstić information content (AvgIpc) is 2.37. The molecule has 0 fully saturated rings. The molecule has 0 aliphatic carbocycles. The Morgan fingerprint density at radius 1 is 1.20 bits per heavy atom. The van der Waals surface area contributed by atoms with Crippen molar-refractivity contribution in [3.8, 4) is 0 Å². The number of nitrogens with two attached hydrogens (primary N) is 1. The van der Waals surface area contributed by atoms with E-state index >= 15 is 0 Å². The van der Waals surface area contributed by atoms with Gasteiger partial charge in [-0.05, 0) is 36.8 Å². The van der Waals surface area contributed by atoms with Crippen molar-refractivity contribution in [2.24, 2.45) is 0 Å². The van der Waals surface area contributed by atoms with Crippen molar-refractivity contribution >= 4 is 28.9 Å². The Kier molecular flexibility index (Phi) is 3.90. The van der Waals surface area contributed by atoms with E-state index in [0.717, 1.165) is 6.07 Å². The molecule has 104 valence electrons. The van der Waals surface area contributed by atoms with Gasteiger partial charge in [0.15, 0.2) is 0 Å². The molecule has 0 bridgehead atoms. The van der Waals surface area contributed by atoms with E-state index < -0.39 is 17.5 Å². The molecule has 0 aromatic heterocycles. The van der Waals surface area contributed by atoms with Gasteiger partial charge in [-0.2, -0.15) is 0 Å². The Hall–Kier alpha value is -2.14. The molecule has 0 atom stereocenters. The highest BCUT2D eigenvalue weighted by atomic mass is 35.5. The lowest BCUT2D eigenvalue weighted by atomic mass is 10.1. The zero-order valence-corrected chi connectivity index (χ0v) is 11.3. The second kappa shape index (κ2) is 5.46. The molecule has 0 aliphatic rings. The van der Waals surface area contributed by atoms with Crippen molar-refractivity contribution in [2.45, 2.75) is 6.92 Å². The maximum absolute atomic E-state index is 13.6. The molecule has 0 spiro atoms. The minimum absolute atomic E-state index is 0.181. The third-order valence-corrected chi connectivity index (χ3v) is 2.99. The Labute approximate surface area is 119 Å². The van der Waals surface area contributed by atoms with Crippen molar-refractivity contribution in [1.82, 2.24) is 0 Å². The molecule has 1 amide bonds. The number of halogens is 3. The fraction of sp³-hybridized carbons (Fsp3) is 0.0714. The molecule has 0 saturated carbocycles. The van der Waals surface area contributed by atoms with Crippen molar-refractivity contribution in [1.29, 1.82) is 0 Å². The predicted octanol–water partition coefficient (Wildman–Crippen LogP) is 3.76. The Bertz CT molecular complexity index is 689. The molecule has 2 aromatic carbocycles. The van der Waals surface area contributed by atoms with Crippen LogP contribution in [0.3, 0.4) is 0 Å². The number of anilines is 2. The van der Waals surface area contributed by atoms with Crippen molar-refractivity contribution in [2.75, 3.05) is 11.1 Å². The lowest BCUT2D eigenvalue weighted by molar-refractivity contribution is 0.102. The van der Waals surface area contributed by atoms with E-state index in [4.69, 9.17) is 17.3 Å². The number of nitrogen functional groups attached to an aromatic ring is 1. The first-order valence-electron chi connectivity index (χ1n) is 5.70. The molecule has 2 rings (SSSR count). The summed E-state index contributed by atoms with van der Waals surface area (Å²) in [7, 11) is 0. The quantitative estimate of drug-likeness (QED) is 0.829. The van der Waals surface area contributed by atoms with Crippen LogP contribution in [0, 0.1) is 18.6 Å². The summed E-state index contributed by atoms with van der Waals surface area (Å²) in [5.74, 6) is -2.34. The zero-order valence-electron chi connectivity index (χ0n) is 10.5. The first-order chi connectivity index (χ1) is 9.38. The second-order valence-electron chi connectivity index (χ2n) is 4.27. The van der Waals surface area contributed by atoms with Crippen LogP contribution in [0.2, 0.25) is 5.02 Å². The summed E-state index contributed by atoms with van der Waals surface area (Å²) in [5, 5.41) is 2.88. The van der Waals surface area contributed by atoms with E-state index in [1.54, 1.807) is 6.07 Å². The highest BCUT2D eigenvalue weighted by molar-refractivity contribution is 6.31. The molecule has 0 heterocycles. The van der Waals surface area contributed by atoms with Gasteiger partial charge in [0.1, 0.15) is 11.6 Å². The Morgan fingerprint density at radius 2 is 1.90 bits per heavy atom. The number of benzene rings is 2. The Balaban J connectivity index is 2.31.